The van der Waals surface area contributed by atoms with Gasteiger partial charge in [-0.25, -0.2) is 8.42 Å². The Bertz CT molecular complexity index is 1040. The van der Waals surface area contributed by atoms with Crippen LogP contribution in [0.5, 0.6) is 0 Å². The Morgan fingerprint density at radius 2 is 1.52 bits per heavy atom. The molecule has 2 aromatic carbocycles. The lowest BCUT2D eigenvalue weighted by Gasteiger charge is -2.19. The molecule has 0 unspecified atom stereocenters. The Morgan fingerprint density at radius 1 is 0.963 bits per heavy atom. The van der Waals surface area contributed by atoms with Crippen LogP contribution in [0.1, 0.15) is 19.4 Å². The van der Waals surface area contributed by atoms with Crippen LogP contribution in [-0.4, -0.2) is 36.0 Å². The van der Waals surface area contributed by atoms with Crippen molar-refractivity contribution in [1.82, 2.24) is 14.5 Å². The molecule has 0 aliphatic heterocycles. The number of aryl methyl sites for hydroxylation is 1. The number of halogens is 1. The zero-order valence-corrected chi connectivity index (χ0v) is 16.9. The summed E-state index contributed by atoms with van der Waals surface area (Å²) in [5.74, 6) is 0.603. The number of aromatic nitrogens is 2. The van der Waals surface area contributed by atoms with Crippen LogP contribution >= 0.6 is 11.6 Å². The molecule has 3 rings (SSSR count). The van der Waals surface area contributed by atoms with Gasteiger partial charge in [0.05, 0.1) is 5.02 Å². The largest absolute Gasteiger partial charge is 0.416 e. The normalized spacial score (nSPS) is 11.9. The van der Waals surface area contributed by atoms with Crippen molar-refractivity contribution in [2.24, 2.45) is 0 Å². The third-order valence-corrected chi connectivity index (χ3v) is 6.76. The van der Waals surface area contributed by atoms with E-state index in [1.165, 1.54) is 16.4 Å². The maximum atomic E-state index is 12.8. The SMILES string of the molecule is CCN(CC)S(=O)(=O)c1cc(-c2nnc(-c3ccc(C)cc3)o2)ccc1Cl. The minimum Gasteiger partial charge on any atom is -0.416 e. The van der Waals surface area contributed by atoms with Crippen LogP contribution in [0, 0.1) is 6.92 Å². The summed E-state index contributed by atoms with van der Waals surface area (Å²) in [7, 11) is -3.70. The lowest BCUT2D eigenvalue weighted by Crippen LogP contribution is -2.30. The second kappa shape index (κ2) is 7.80. The van der Waals surface area contributed by atoms with Gasteiger partial charge in [0.15, 0.2) is 0 Å². The summed E-state index contributed by atoms with van der Waals surface area (Å²) in [5.41, 5.74) is 2.42. The van der Waals surface area contributed by atoms with E-state index in [0.29, 0.717) is 24.5 Å². The Balaban J connectivity index is 2.01. The van der Waals surface area contributed by atoms with E-state index < -0.39 is 10.0 Å². The summed E-state index contributed by atoms with van der Waals surface area (Å²) in [6.07, 6.45) is 0. The molecule has 0 aliphatic carbocycles. The molecule has 27 heavy (non-hydrogen) atoms. The van der Waals surface area contributed by atoms with Crippen LogP contribution in [0.2, 0.25) is 5.02 Å². The van der Waals surface area contributed by atoms with Crippen molar-refractivity contribution in [3.63, 3.8) is 0 Å². The van der Waals surface area contributed by atoms with E-state index in [9.17, 15) is 8.42 Å². The van der Waals surface area contributed by atoms with Gasteiger partial charge >= 0.3 is 0 Å². The Labute approximate surface area is 163 Å². The quantitative estimate of drug-likeness (QED) is 0.607. The molecule has 0 atom stereocenters. The molecule has 0 radical (unpaired) electrons. The van der Waals surface area contributed by atoms with Crippen LogP contribution in [0.25, 0.3) is 22.9 Å². The van der Waals surface area contributed by atoms with Gasteiger partial charge in [-0.1, -0.05) is 43.1 Å². The van der Waals surface area contributed by atoms with Gasteiger partial charge in [0.2, 0.25) is 21.8 Å². The summed E-state index contributed by atoms with van der Waals surface area (Å²) in [5, 5.41) is 8.28. The van der Waals surface area contributed by atoms with Crippen molar-refractivity contribution in [3.05, 3.63) is 53.1 Å². The van der Waals surface area contributed by atoms with Crippen molar-refractivity contribution in [1.29, 1.82) is 0 Å². The molecule has 1 aromatic heterocycles. The van der Waals surface area contributed by atoms with E-state index in [2.05, 4.69) is 10.2 Å². The number of sulfonamides is 1. The highest BCUT2D eigenvalue weighted by Crippen LogP contribution is 2.31. The van der Waals surface area contributed by atoms with Crippen LogP contribution in [0.3, 0.4) is 0 Å². The highest BCUT2D eigenvalue weighted by molar-refractivity contribution is 7.89. The summed E-state index contributed by atoms with van der Waals surface area (Å²) >= 11 is 6.17. The van der Waals surface area contributed by atoms with Gasteiger partial charge in [-0.2, -0.15) is 4.31 Å². The first-order valence-electron chi connectivity index (χ1n) is 8.57. The molecule has 0 bridgehead atoms. The summed E-state index contributed by atoms with van der Waals surface area (Å²) in [6, 6.07) is 12.4. The predicted molar refractivity (Wildman–Crippen MR) is 105 cm³/mol. The van der Waals surface area contributed by atoms with Crippen LogP contribution in [0.15, 0.2) is 51.8 Å². The van der Waals surface area contributed by atoms with E-state index in [4.69, 9.17) is 16.0 Å². The van der Waals surface area contributed by atoms with Crippen molar-refractivity contribution in [2.45, 2.75) is 25.7 Å². The first-order chi connectivity index (χ1) is 12.9. The van der Waals surface area contributed by atoms with E-state index in [1.54, 1.807) is 19.9 Å². The Morgan fingerprint density at radius 3 is 2.11 bits per heavy atom. The second-order valence-corrected chi connectivity index (χ2v) is 8.33. The minimum atomic E-state index is -3.70. The molecule has 0 N–H and O–H groups in total. The molecule has 0 aliphatic rings. The fourth-order valence-electron chi connectivity index (χ4n) is 2.69. The minimum absolute atomic E-state index is 0.0282. The monoisotopic (exact) mass is 405 g/mol. The lowest BCUT2D eigenvalue weighted by molar-refractivity contribution is 0.445. The summed E-state index contributed by atoms with van der Waals surface area (Å²) in [6.45, 7) is 6.28. The Kier molecular flexibility index (Phi) is 5.64. The third-order valence-electron chi connectivity index (χ3n) is 4.22. The first kappa shape index (κ1) is 19.5. The fourth-order valence-corrected chi connectivity index (χ4v) is 4.65. The molecule has 0 saturated carbocycles. The van der Waals surface area contributed by atoms with Crippen LogP contribution in [-0.2, 0) is 10.0 Å². The van der Waals surface area contributed by atoms with E-state index in [0.717, 1.165) is 11.1 Å². The van der Waals surface area contributed by atoms with Gasteiger partial charge in [0.1, 0.15) is 4.90 Å². The Hall–Kier alpha value is -2.22. The van der Waals surface area contributed by atoms with E-state index in [-0.39, 0.29) is 15.8 Å². The molecule has 0 saturated heterocycles. The average Bonchev–Trinajstić information content (AvgIpc) is 3.13. The maximum absolute atomic E-state index is 12.8. The molecular weight excluding hydrogens is 386 g/mol. The molecule has 0 fully saturated rings. The third kappa shape index (κ3) is 3.90. The standard InChI is InChI=1S/C19H20ClN3O3S/c1-4-23(5-2)27(24,25)17-12-15(10-11-16(17)20)19-22-21-18(26-19)14-8-6-13(3)7-9-14/h6-12H,4-5H2,1-3H3. The average molecular weight is 406 g/mol. The van der Waals surface area contributed by atoms with Crippen molar-refractivity contribution in [3.8, 4) is 22.9 Å². The molecule has 0 amide bonds. The number of hydrogen-bond acceptors (Lipinski definition) is 5. The molecule has 0 spiro atoms. The number of benzene rings is 2. The van der Waals surface area contributed by atoms with Gasteiger partial charge in [-0.3, -0.25) is 0 Å². The molecule has 8 heteroatoms. The summed E-state index contributed by atoms with van der Waals surface area (Å²) < 4.78 is 32.8. The summed E-state index contributed by atoms with van der Waals surface area (Å²) in [4.78, 5) is 0.0282. The second-order valence-electron chi connectivity index (χ2n) is 6.01. The lowest BCUT2D eigenvalue weighted by atomic mass is 10.1. The van der Waals surface area contributed by atoms with E-state index in [1.807, 2.05) is 31.2 Å². The molecule has 3 aromatic rings. The van der Waals surface area contributed by atoms with E-state index >= 15 is 0 Å². The molecular formula is C19H20ClN3O3S. The van der Waals surface area contributed by atoms with Gasteiger partial charge in [0.25, 0.3) is 0 Å². The van der Waals surface area contributed by atoms with Crippen molar-refractivity contribution in [2.75, 3.05) is 13.1 Å². The van der Waals surface area contributed by atoms with Gasteiger partial charge in [-0.05, 0) is 37.3 Å². The number of nitrogens with zero attached hydrogens (tertiary/aromatic N) is 3. The van der Waals surface area contributed by atoms with Crippen LogP contribution < -0.4 is 0 Å². The highest BCUT2D eigenvalue weighted by Gasteiger charge is 2.25. The maximum Gasteiger partial charge on any atom is 0.248 e. The first-order valence-corrected chi connectivity index (χ1v) is 10.4. The van der Waals surface area contributed by atoms with Gasteiger partial charge in [-0.15, -0.1) is 10.2 Å². The molecule has 6 nitrogen and oxygen atoms in total. The van der Waals surface area contributed by atoms with Gasteiger partial charge < -0.3 is 4.42 Å². The van der Waals surface area contributed by atoms with Crippen molar-refractivity contribution >= 4 is 21.6 Å². The zero-order valence-electron chi connectivity index (χ0n) is 15.3. The topological polar surface area (TPSA) is 76.3 Å². The smallest absolute Gasteiger partial charge is 0.248 e. The highest BCUT2D eigenvalue weighted by atomic mass is 35.5. The number of rotatable bonds is 6. The molecule has 1 heterocycles. The zero-order chi connectivity index (χ0) is 19.6. The predicted octanol–water partition coefficient (Wildman–Crippen LogP) is 4.40. The van der Waals surface area contributed by atoms with Crippen LogP contribution in [0.4, 0.5) is 0 Å². The fraction of sp³-hybridized carbons (Fsp3) is 0.263. The van der Waals surface area contributed by atoms with Gasteiger partial charge in [0, 0.05) is 24.2 Å². The number of hydrogen-bond donors (Lipinski definition) is 0. The molecule has 142 valence electrons. The van der Waals surface area contributed by atoms with Crippen molar-refractivity contribution < 1.29 is 12.8 Å².